The maximum atomic E-state index is 5.08. The first-order valence-corrected chi connectivity index (χ1v) is 17.5. The summed E-state index contributed by atoms with van der Waals surface area (Å²) in [4.78, 5) is 5.08. The lowest BCUT2D eigenvalue weighted by atomic mass is 9.83. The zero-order valence-corrected chi connectivity index (χ0v) is 27.9. The highest BCUT2D eigenvalue weighted by Gasteiger charge is 2.19. The lowest BCUT2D eigenvalue weighted by molar-refractivity contribution is 1.10. The van der Waals surface area contributed by atoms with Gasteiger partial charge in [-0.2, -0.15) is 0 Å². The number of imidazole rings is 1. The molecule has 0 aliphatic heterocycles. The molecular formula is C49H32N2. The number of hydrogen-bond acceptors (Lipinski definition) is 1. The Morgan fingerprint density at radius 1 is 0.353 bits per heavy atom. The van der Waals surface area contributed by atoms with Gasteiger partial charge in [-0.25, -0.2) is 4.98 Å². The molecule has 0 atom stereocenters. The van der Waals surface area contributed by atoms with Crippen LogP contribution in [0.5, 0.6) is 0 Å². The number of rotatable bonds is 5. The quantitative estimate of drug-likeness (QED) is 0.134. The van der Waals surface area contributed by atoms with E-state index < -0.39 is 0 Å². The molecule has 238 valence electrons. The zero-order valence-electron chi connectivity index (χ0n) is 27.9. The molecule has 2 heteroatoms. The Kier molecular flexibility index (Phi) is 6.85. The molecular weight excluding hydrogens is 617 g/mol. The lowest BCUT2D eigenvalue weighted by Gasteiger charge is -2.19. The molecule has 0 spiro atoms. The van der Waals surface area contributed by atoms with E-state index in [2.05, 4.69) is 193 Å². The molecule has 10 aromatic rings. The summed E-state index contributed by atoms with van der Waals surface area (Å²) in [7, 11) is 0. The average Bonchev–Trinajstić information content (AvgIpc) is 3.60. The second-order valence-electron chi connectivity index (χ2n) is 13.1. The molecule has 1 aromatic heterocycles. The fourth-order valence-corrected chi connectivity index (χ4v) is 7.88. The monoisotopic (exact) mass is 648 g/mol. The molecule has 0 radical (unpaired) electrons. The van der Waals surface area contributed by atoms with Gasteiger partial charge in [0, 0.05) is 11.3 Å². The van der Waals surface area contributed by atoms with Crippen LogP contribution in [0.2, 0.25) is 0 Å². The first kappa shape index (κ1) is 29.2. The number of benzene rings is 9. The van der Waals surface area contributed by atoms with Crippen LogP contribution in [0.3, 0.4) is 0 Å². The maximum absolute atomic E-state index is 5.08. The average molecular weight is 649 g/mol. The van der Waals surface area contributed by atoms with E-state index in [0.717, 1.165) is 28.1 Å². The predicted octanol–water partition coefficient (Wildman–Crippen LogP) is 13.2. The molecule has 1 heterocycles. The Labute approximate surface area is 296 Å². The SMILES string of the molecule is c1ccc(-c2c3ccccc3c(-c3ccccc3)c3c2ccc2cc(-c4ccc(-c5nc6ccccc6n5-c5ccccc5)cc4)ccc23)cc1. The Morgan fingerprint density at radius 2 is 0.902 bits per heavy atom. The third-order valence-electron chi connectivity index (χ3n) is 10.2. The van der Waals surface area contributed by atoms with Crippen molar-refractivity contribution in [3.8, 4) is 50.5 Å². The molecule has 0 fully saturated rings. The summed E-state index contributed by atoms with van der Waals surface area (Å²) in [6, 6.07) is 69.8. The van der Waals surface area contributed by atoms with Crippen LogP contribution in [-0.4, -0.2) is 9.55 Å². The first-order valence-electron chi connectivity index (χ1n) is 17.5. The molecule has 0 saturated carbocycles. The molecule has 0 amide bonds. The molecule has 0 unspecified atom stereocenters. The summed E-state index contributed by atoms with van der Waals surface area (Å²) < 4.78 is 2.25. The van der Waals surface area contributed by atoms with Crippen molar-refractivity contribution in [1.82, 2.24) is 9.55 Å². The summed E-state index contributed by atoms with van der Waals surface area (Å²) in [5, 5.41) is 7.57. The number of para-hydroxylation sites is 3. The third-order valence-corrected chi connectivity index (χ3v) is 10.2. The van der Waals surface area contributed by atoms with E-state index >= 15 is 0 Å². The van der Waals surface area contributed by atoms with Gasteiger partial charge in [0.25, 0.3) is 0 Å². The standard InChI is InChI=1S/C49H32N2/c1-4-14-34(15-5-1)46-41-20-10-11-21-42(41)47(35-16-6-2-7-17-35)48-40-30-28-37(32-38(40)29-31-43(46)48)33-24-26-36(27-25-33)49-50-44-22-12-13-23-45(44)51(49)39-18-8-3-9-19-39/h1-32H. The summed E-state index contributed by atoms with van der Waals surface area (Å²) in [5.74, 6) is 0.939. The van der Waals surface area contributed by atoms with Crippen LogP contribution in [0, 0.1) is 0 Å². The number of hydrogen-bond donors (Lipinski definition) is 0. The summed E-state index contributed by atoms with van der Waals surface area (Å²) in [6.07, 6.45) is 0. The van der Waals surface area contributed by atoms with Gasteiger partial charge >= 0.3 is 0 Å². The van der Waals surface area contributed by atoms with E-state index in [4.69, 9.17) is 4.98 Å². The van der Waals surface area contributed by atoms with Crippen molar-refractivity contribution in [2.45, 2.75) is 0 Å². The van der Waals surface area contributed by atoms with Gasteiger partial charge in [-0.1, -0.05) is 164 Å². The second kappa shape index (κ2) is 12.0. The minimum absolute atomic E-state index is 0.939. The van der Waals surface area contributed by atoms with Crippen LogP contribution in [0.25, 0.3) is 93.8 Å². The van der Waals surface area contributed by atoms with Gasteiger partial charge in [0.05, 0.1) is 11.0 Å². The van der Waals surface area contributed by atoms with Gasteiger partial charge in [-0.3, -0.25) is 4.57 Å². The van der Waals surface area contributed by atoms with Crippen LogP contribution in [-0.2, 0) is 0 Å². The van der Waals surface area contributed by atoms with Gasteiger partial charge in [0.15, 0.2) is 0 Å². The summed E-state index contributed by atoms with van der Waals surface area (Å²) in [5.41, 5.74) is 11.7. The largest absolute Gasteiger partial charge is 0.292 e. The van der Waals surface area contributed by atoms with Crippen molar-refractivity contribution in [3.63, 3.8) is 0 Å². The van der Waals surface area contributed by atoms with Gasteiger partial charge in [-0.05, 0) is 96.0 Å². The molecule has 0 saturated heterocycles. The Morgan fingerprint density at radius 3 is 1.63 bits per heavy atom. The molecule has 0 aliphatic rings. The normalized spacial score (nSPS) is 11.5. The molecule has 51 heavy (non-hydrogen) atoms. The molecule has 2 nitrogen and oxygen atoms in total. The highest BCUT2D eigenvalue weighted by molar-refractivity contribution is 6.28. The van der Waals surface area contributed by atoms with Crippen molar-refractivity contribution in [3.05, 3.63) is 194 Å². The van der Waals surface area contributed by atoms with E-state index in [1.54, 1.807) is 0 Å². The molecule has 0 N–H and O–H groups in total. The van der Waals surface area contributed by atoms with Crippen molar-refractivity contribution in [1.29, 1.82) is 0 Å². The molecule has 0 aliphatic carbocycles. The van der Waals surface area contributed by atoms with Crippen molar-refractivity contribution in [2.24, 2.45) is 0 Å². The van der Waals surface area contributed by atoms with Crippen molar-refractivity contribution < 1.29 is 0 Å². The Bertz CT molecular complexity index is 2870. The van der Waals surface area contributed by atoms with E-state index in [1.165, 1.54) is 65.7 Å². The van der Waals surface area contributed by atoms with Crippen LogP contribution in [0.1, 0.15) is 0 Å². The minimum Gasteiger partial charge on any atom is -0.292 e. The summed E-state index contributed by atoms with van der Waals surface area (Å²) in [6.45, 7) is 0. The highest BCUT2D eigenvalue weighted by Crippen LogP contribution is 2.46. The van der Waals surface area contributed by atoms with Crippen LogP contribution >= 0.6 is 0 Å². The fraction of sp³-hybridized carbons (Fsp3) is 0. The number of aromatic nitrogens is 2. The van der Waals surface area contributed by atoms with Crippen LogP contribution in [0.15, 0.2) is 194 Å². The third kappa shape index (κ3) is 4.84. The van der Waals surface area contributed by atoms with E-state index in [1.807, 2.05) is 6.07 Å². The second-order valence-corrected chi connectivity index (χ2v) is 13.1. The molecule has 0 bridgehead atoms. The van der Waals surface area contributed by atoms with Gasteiger partial charge < -0.3 is 0 Å². The minimum atomic E-state index is 0.939. The van der Waals surface area contributed by atoms with E-state index in [-0.39, 0.29) is 0 Å². The predicted molar refractivity (Wildman–Crippen MR) is 215 cm³/mol. The fourth-order valence-electron chi connectivity index (χ4n) is 7.88. The van der Waals surface area contributed by atoms with E-state index in [9.17, 15) is 0 Å². The Hall–Kier alpha value is -6.77. The van der Waals surface area contributed by atoms with Crippen molar-refractivity contribution >= 4 is 43.4 Å². The molecule has 10 rings (SSSR count). The topological polar surface area (TPSA) is 17.8 Å². The number of nitrogens with zero attached hydrogens (tertiary/aromatic N) is 2. The van der Waals surface area contributed by atoms with Gasteiger partial charge in [-0.15, -0.1) is 0 Å². The maximum Gasteiger partial charge on any atom is 0.145 e. The summed E-state index contributed by atoms with van der Waals surface area (Å²) >= 11 is 0. The number of fused-ring (bicyclic) bond motifs is 5. The van der Waals surface area contributed by atoms with Gasteiger partial charge in [0.1, 0.15) is 5.82 Å². The lowest BCUT2D eigenvalue weighted by Crippen LogP contribution is -1.97. The van der Waals surface area contributed by atoms with E-state index in [0.29, 0.717) is 0 Å². The smallest absolute Gasteiger partial charge is 0.145 e. The molecule has 9 aromatic carbocycles. The first-order chi connectivity index (χ1) is 25.3. The van der Waals surface area contributed by atoms with Crippen LogP contribution in [0.4, 0.5) is 0 Å². The Balaban J connectivity index is 1.15. The van der Waals surface area contributed by atoms with Crippen LogP contribution < -0.4 is 0 Å². The van der Waals surface area contributed by atoms with Crippen molar-refractivity contribution in [2.75, 3.05) is 0 Å². The highest BCUT2D eigenvalue weighted by atomic mass is 15.1. The van der Waals surface area contributed by atoms with Gasteiger partial charge in [0.2, 0.25) is 0 Å². The zero-order chi connectivity index (χ0) is 33.7.